The minimum Gasteiger partial charge on any atom is -0.419 e. The van der Waals surface area contributed by atoms with Crippen LogP contribution < -0.4 is 15.0 Å². The first-order chi connectivity index (χ1) is 18.1. The first kappa shape index (κ1) is 26.1. The van der Waals surface area contributed by atoms with Gasteiger partial charge in [0.15, 0.2) is 0 Å². The Hall–Kier alpha value is -2.49. The van der Waals surface area contributed by atoms with Crippen LogP contribution in [0.5, 0.6) is 11.8 Å². The molecule has 1 aromatic carbocycles. The lowest BCUT2D eigenvalue weighted by Crippen LogP contribution is -2.43. The number of aliphatic hydroxyl groups is 1. The Morgan fingerprint density at radius 3 is 2.35 bits per heavy atom. The van der Waals surface area contributed by atoms with Crippen LogP contribution in [0.3, 0.4) is 0 Å². The lowest BCUT2D eigenvalue weighted by Gasteiger charge is -2.31. The summed E-state index contributed by atoms with van der Waals surface area (Å²) in [5.74, 6) is 2.28. The SMILES string of the molecule is OCCC1CCN(Cc2cc(Oc3cnc(N4CCNCC4)cn3)nc(-c3cc(Cl)cc(Cl)c3)c2)CC1. The minimum atomic E-state index is 0.264. The van der Waals surface area contributed by atoms with Gasteiger partial charge in [-0.25, -0.2) is 15.0 Å². The van der Waals surface area contributed by atoms with Crippen LogP contribution in [0, 0.1) is 5.92 Å². The number of anilines is 1. The number of nitrogens with one attached hydrogen (secondary N) is 1. The van der Waals surface area contributed by atoms with E-state index >= 15 is 0 Å². The van der Waals surface area contributed by atoms with Gasteiger partial charge in [0.05, 0.1) is 18.1 Å². The molecular weight excluding hydrogens is 511 g/mol. The largest absolute Gasteiger partial charge is 0.419 e. The molecule has 196 valence electrons. The zero-order chi connectivity index (χ0) is 25.6. The summed E-state index contributed by atoms with van der Waals surface area (Å²) in [6.45, 7) is 6.72. The van der Waals surface area contributed by atoms with Gasteiger partial charge in [-0.1, -0.05) is 23.2 Å². The zero-order valence-corrected chi connectivity index (χ0v) is 22.3. The highest BCUT2D eigenvalue weighted by Gasteiger charge is 2.20. The number of nitrogens with zero attached hydrogens (tertiary/aromatic N) is 5. The minimum absolute atomic E-state index is 0.264. The van der Waals surface area contributed by atoms with Crippen LogP contribution in [0.4, 0.5) is 5.82 Å². The smallest absolute Gasteiger partial charge is 0.239 e. The Bertz CT molecular complexity index is 1160. The number of piperazine rings is 1. The number of likely N-dealkylation sites (tertiary alicyclic amines) is 1. The van der Waals surface area contributed by atoms with Crippen molar-refractivity contribution in [3.8, 4) is 23.0 Å². The molecule has 2 aliphatic rings. The van der Waals surface area contributed by atoms with Crippen LogP contribution in [0.15, 0.2) is 42.7 Å². The van der Waals surface area contributed by atoms with Crippen LogP contribution in [-0.2, 0) is 6.54 Å². The van der Waals surface area contributed by atoms with E-state index in [4.69, 9.17) is 32.9 Å². The van der Waals surface area contributed by atoms with Crippen molar-refractivity contribution in [1.82, 2.24) is 25.2 Å². The number of rotatable bonds is 8. The van der Waals surface area contributed by atoms with Gasteiger partial charge in [-0.3, -0.25) is 4.90 Å². The van der Waals surface area contributed by atoms with Crippen molar-refractivity contribution in [2.24, 2.45) is 5.92 Å². The number of halogens is 2. The van der Waals surface area contributed by atoms with Crippen molar-refractivity contribution >= 4 is 29.0 Å². The molecule has 3 aromatic rings. The monoisotopic (exact) mass is 542 g/mol. The molecule has 8 nitrogen and oxygen atoms in total. The summed E-state index contributed by atoms with van der Waals surface area (Å²) < 4.78 is 6.09. The van der Waals surface area contributed by atoms with Crippen LogP contribution in [-0.4, -0.2) is 70.8 Å². The highest BCUT2D eigenvalue weighted by molar-refractivity contribution is 6.35. The van der Waals surface area contributed by atoms with Gasteiger partial charge in [0.25, 0.3) is 0 Å². The fourth-order valence-electron chi connectivity index (χ4n) is 4.95. The third-order valence-electron chi connectivity index (χ3n) is 6.94. The van der Waals surface area contributed by atoms with Crippen LogP contribution >= 0.6 is 23.2 Å². The highest BCUT2D eigenvalue weighted by Crippen LogP contribution is 2.31. The first-order valence-electron chi connectivity index (χ1n) is 12.8. The summed E-state index contributed by atoms with van der Waals surface area (Å²) in [4.78, 5) is 18.4. The second kappa shape index (κ2) is 12.4. The number of aliphatic hydroxyl groups excluding tert-OH is 1. The van der Waals surface area contributed by atoms with E-state index in [9.17, 15) is 5.11 Å². The second-order valence-corrected chi connectivity index (χ2v) is 10.5. The van der Waals surface area contributed by atoms with Crippen molar-refractivity contribution in [1.29, 1.82) is 0 Å². The standard InChI is InChI=1S/C27H32Cl2N6O2/c28-22-13-21(14-23(29)15-22)24-11-20(18-34-6-1-19(2-7-34)3-10-36)12-26(33-24)37-27-17-31-25(16-32-27)35-8-4-30-5-9-35/h11-17,19,30,36H,1-10,18H2. The van der Waals surface area contributed by atoms with Crippen molar-refractivity contribution in [3.63, 3.8) is 0 Å². The molecule has 0 saturated carbocycles. The Kier molecular flexibility index (Phi) is 8.74. The number of ether oxygens (including phenoxy) is 1. The van der Waals surface area contributed by atoms with Gasteiger partial charge in [-0.05, 0) is 68.1 Å². The molecular formula is C27H32Cl2N6O2. The first-order valence-corrected chi connectivity index (χ1v) is 13.6. The average molecular weight is 543 g/mol. The third kappa shape index (κ3) is 7.09. The number of hydrogen-bond donors (Lipinski definition) is 2. The van der Waals surface area contributed by atoms with E-state index in [1.807, 2.05) is 18.2 Å². The summed E-state index contributed by atoms with van der Waals surface area (Å²) in [6, 6.07) is 9.44. The van der Waals surface area contributed by atoms with E-state index < -0.39 is 0 Å². The molecule has 4 heterocycles. The number of pyridine rings is 1. The van der Waals surface area contributed by atoms with Gasteiger partial charge in [0.1, 0.15) is 5.82 Å². The third-order valence-corrected chi connectivity index (χ3v) is 7.37. The zero-order valence-electron chi connectivity index (χ0n) is 20.7. The summed E-state index contributed by atoms with van der Waals surface area (Å²) >= 11 is 12.6. The van der Waals surface area contributed by atoms with Gasteiger partial charge in [0, 0.05) is 61.0 Å². The number of benzene rings is 1. The van der Waals surface area contributed by atoms with Crippen molar-refractivity contribution < 1.29 is 9.84 Å². The topological polar surface area (TPSA) is 86.6 Å². The second-order valence-electron chi connectivity index (χ2n) is 9.64. The Morgan fingerprint density at radius 2 is 1.68 bits per heavy atom. The molecule has 0 spiro atoms. The molecule has 2 aliphatic heterocycles. The Morgan fingerprint density at radius 1 is 0.919 bits per heavy atom. The maximum absolute atomic E-state index is 9.26. The van der Waals surface area contributed by atoms with Gasteiger partial charge < -0.3 is 20.1 Å². The van der Waals surface area contributed by atoms with Crippen LogP contribution in [0.25, 0.3) is 11.3 Å². The molecule has 0 radical (unpaired) electrons. The average Bonchev–Trinajstić information content (AvgIpc) is 2.90. The molecule has 0 atom stereocenters. The summed E-state index contributed by atoms with van der Waals surface area (Å²) in [5.41, 5.74) is 2.64. The molecule has 2 saturated heterocycles. The predicted octanol–water partition coefficient (Wildman–Crippen LogP) is 4.64. The van der Waals surface area contributed by atoms with Crippen molar-refractivity contribution in [3.05, 3.63) is 58.3 Å². The van der Waals surface area contributed by atoms with Gasteiger partial charge in [-0.2, -0.15) is 0 Å². The van der Waals surface area contributed by atoms with E-state index in [1.165, 1.54) is 0 Å². The predicted molar refractivity (Wildman–Crippen MR) is 147 cm³/mol. The van der Waals surface area contributed by atoms with Gasteiger partial charge in [-0.15, -0.1) is 0 Å². The summed E-state index contributed by atoms with van der Waals surface area (Å²) in [5, 5.41) is 13.7. The van der Waals surface area contributed by atoms with Crippen molar-refractivity contribution in [2.45, 2.75) is 25.8 Å². The molecule has 0 unspecified atom stereocenters. The molecule has 2 aromatic heterocycles. The van der Waals surface area contributed by atoms with E-state index in [2.05, 4.69) is 31.2 Å². The van der Waals surface area contributed by atoms with E-state index in [1.54, 1.807) is 18.5 Å². The number of piperidine rings is 1. The lowest BCUT2D eigenvalue weighted by molar-refractivity contribution is 0.153. The molecule has 0 amide bonds. The van der Waals surface area contributed by atoms with Crippen molar-refractivity contribution in [2.75, 3.05) is 50.8 Å². The quantitative estimate of drug-likeness (QED) is 0.425. The normalized spacial score (nSPS) is 17.2. The molecule has 2 N–H and O–H groups in total. The highest BCUT2D eigenvalue weighted by atomic mass is 35.5. The van der Waals surface area contributed by atoms with E-state index in [0.29, 0.717) is 27.7 Å². The molecule has 0 bridgehead atoms. The van der Waals surface area contributed by atoms with E-state index in [-0.39, 0.29) is 6.61 Å². The summed E-state index contributed by atoms with van der Waals surface area (Å²) in [6.07, 6.45) is 6.48. The maximum Gasteiger partial charge on any atom is 0.239 e. The maximum atomic E-state index is 9.26. The lowest BCUT2D eigenvalue weighted by atomic mass is 9.93. The Labute approximate surface area is 227 Å². The van der Waals surface area contributed by atoms with Crippen LogP contribution in [0.1, 0.15) is 24.8 Å². The Balaban J connectivity index is 1.37. The van der Waals surface area contributed by atoms with Gasteiger partial charge in [0.2, 0.25) is 11.8 Å². The molecule has 2 fully saturated rings. The molecule has 0 aliphatic carbocycles. The fraction of sp³-hybridized carbons (Fsp3) is 0.444. The molecule has 37 heavy (non-hydrogen) atoms. The number of hydrogen-bond acceptors (Lipinski definition) is 8. The molecule has 10 heteroatoms. The van der Waals surface area contributed by atoms with Crippen LogP contribution in [0.2, 0.25) is 10.0 Å². The number of aromatic nitrogens is 3. The fourth-order valence-corrected chi connectivity index (χ4v) is 5.48. The van der Waals surface area contributed by atoms with Gasteiger partial charge >= 0.3 is 0 Å². The summed E-state index contributed by atoms with van der Waals surface area (Å²) in [7, 11) is 0. The molecule has 5 rings (SSSR count). The van der Waals surface area contributed by atoms with E-state index in [0.717, 1.165) is 87.7 Å².